The highest BCUT2D eigenvalue weighted by atomic mass is 35.5. The van der Waals surface area contributed by atoms with E-state index in [1.54, 1.807) is 0 Å². The Morgan fingerprint density at radius 3 is 1.95 bits per heavy atom. The maximum atomic E-state index is 5.95. The van der Waals surface area contributed by atoms with Crippen LogP contribution in [0.1, 0.15) is 19.3 Å². The van der Waals surface area contributed by atoms with Gasteiger partial charge in [-0.05, 0) is 69.7 Å². The van der Waals surface area contributed by atoms with Crippen molar-refractivity contribution < 1.29 is 0 Å². The van der Waals surface area contributed by atoms with Crippen LogP contribution in [0, 0.1) is 0 Å². The molecule has 0 N–H and O–H groups in total. The molecule has 2 saturated heterocycles. The van der Waals surface area contributed by atoms with Gasteiger partial charge in [-0.1, -0.05) is 11.6 Å². The Kier molecular flexibility index (Phi) is 5.39. The molecule has 1 aromatic rings. The van der Waals surface area contributed by atoms with Gasteiger partial charge in [0, 0.05) is 36.9 Å². The fraction of sp³-hybridized carbons (Fsp3) is 0.647. The number of rotatable bonds is 5. The zero-order chi connectivity index (χ0) is 14.5. The molecule has 2 aliphatic rings. The number of likely N-dealkylation sites (tertiary alicyclic amines) is 1. The molecule has 0 atom stereocenters. The minimum Gasteiger partial charge on any atom is -0.369 e. The van der Waals surface area contributed by atoms with Crippen molar-refractivity contribution in [1.29, 1.82) is 0 Å². The summed E-state index contributed by atoms with van der Waals surface area (Å²) in [5.41, 5.74) is 1.30. The first-order valence-electron chi connectivity index (χ1n) is 8.26. The lowest BCUT2D eigenvalue weighted by Crippen LogP contribution is -2.47. The smallest absolute Gasteiger partial charge is 0.0407 e. The van der Waals surface area contributed by atoms with Crippen molar-refractivity contribution >= 4 is 17.3 Å². The predicted molar refractivity (Wildman–Crippen MR) is 90.4 cm³/mol. The number of halogens is 1. The van der Waals surface area contributed by atoms with Gasteiger partial charge in [-0.25, -0.2) is 0 Å². The largest absolute Gasteiger partial charge is 0.369 e. The number of nitrogens with zero attached hydrogens (tertiary/aromatic N) is 3. The summed E-state index contributed by atoms with van der Waals surface area (Å²) in [6.45, 7) is 9.82. The second-order valence-corrected chi connectivity index (χ2v) is 6.64. The standard InChI is InChI=1S/C17H26ClN3/c18-16-4-6-17(7-5-16)21-14-12-20(13-15-21)11-3-10-19-8-1-2-9-19/h4-7H,1-3,8-15H2. The average molecular weight is 308 g/mol. The monoisotopic (exact) mass is 307 g/mol. The van der Waals surface area contributed by atoms with Crippen LogP contribution < -0.4 is 4.90 Å². The van der Waals surface area contributed by atoms with Crippen molar-refractivity contribution in [2.45, 2.75) is 19.3 Å². The Hall–Kier alpha value is -0.770. The Morgan fingerprint density at radius 1 is 0.762 bits per heavy atom. The summed E-state index contributed by atoms with van der Waals surface area (Å²) in [6.07, 6.45) is 4.13. The quantitative estimate of drug-likeness (QED) is 0.828. The molecule has 1 aromatic carbocycles. The molecule has 3 nitrogen and oxygen atoms in total. The summed E-state index contributed by atoms with van der Waals surface area (Å²) < 4.78 is 0. The van der Waals surface area contributed by atoms with E-state index < -0.39 is 0 Å². The molecule has 0 aromatic heterocycles. The van der Waals surface area contributed by atoms with Crippen LogP contribution in [-0.4, -0.2) is 62.2 Å². The lowest BCUT2D eigenvalue weighted by Gasteiger charge is -2.36. The molecule has 21 heavy (non-hydrogen) atoms. The Labute approximate surface area is 133 Å². The molecule has 3 rings (SSSR count). The Balaban J connectivity index is 1.37. The van der Waals surface area contributed by atoms with E-state index in [1.165, 1.54) is 64.2 Å². The number of hydrogen-bond acceptors (Lipinski definition) is 3. The van der Waals surface area contributed by atoms with Gasteiger partial charge >= 0.3 is 0 Å². The van der Waals surface area contributed by atoms with E-state index >= 15 is 0 Å². The highest BCUT2D eigenvalue weighted by Crippen LogP contribution is 2.19. The third-order valence-electron chi connectivity index (χ3n) is 4.71. The first kappa shape index (κ1) is 15.1. The van der Waals surface area contributed by atoms with Gasteiger partial charge in [0.25, 0.3) is 0 Å². The number of anilines is 1. The van der Waals surface area contributed by atoms with Crippen molar-refractivity contribution in [1.82, 2.24) is 9.80 Å². The Bertz CT molecular complexity index is 420. The normalized spacial score (nSPS) is 21.1. The summed E-state index contributed by atoms with van der Waals surface area (Å²) >= 11 is 5.95. The molecule has 0 radical (unpaired) electrons. The van der Waals surface area contributed by atoms with Crippen LogP contribution in [-0.2, 0) is 0 Å². The molecule has 0 spiro atoms. The van der Waals surface area contributed by atoms with Crippen molar-refractivity contribution in [2.75, 3.05) is 57.3 Å². The zero-order valence-electron chi connectivity index (χ0n) is 12.8. The van der Waals surface area contributed by atoms with Crippen molar-refractivity contribution in [3.8, 4) is 0 Å². The van der Waals surface area contributed by atoms with Gasteiger partial charge in [0.2, 0.25) is 0 Å². The molecule has 2 fully saturated rings. The number of piperazine rings is 1. The van der Waals surface area contributed by atoms with Gasteiger partial charge in [-0.2, -0.15) is 0 Å². The van der Waals surface area contributed by atoms with Gasteiger partial charge in [-0.3, -0.25) is 4.90 Å². The van der Waals surface area contributed by atoms with Gasteiger partial charge in [0.05, 0.1) is 0 Å². The first-order valence-corrected chi connectivity index (χ1v) is 8.64. The zero-order valence-corrected chi connectivity index (χ0v) is 13.6. The Morgan fingerprint density at radius 2 is 1.33 bits per heavy atom. The summed E-state index contributed by atoms with van der Waals surface area (Å²) in [7, 11) is 0. The van der Waals surface area contributed by atoms with E-state index in [2.05, 4.69) is 26.8 Å². The summed E-state index contributed by atoms with van der Waals surface area (Å²) in [6, 6.07) is 8.23. The van der Waals surface area contributed by atoms with Crippen LogP contribution in [0.4, 0.5) is 5.69 Å². The summed E-state index contributed by atoms with van der Waals surface area (Å²) in [5.74, 6) is 0. The maximum Gasteiger partial charge on any atom is 0.0407 e. The van der Waals surface area contributed by atoms with E-state index in [4.69, 9.17) is 11.6 Å². The van der Waals surface area contributed by atoms with Gasteiger partial charge in [0.15, 0.2) is 0 Å². The van der Waals surface area contributed by atoms with Crippen LogP contribution in [0.5, 0.6) is 0 Å². The topological polar surface area (TPSA) is 9.72 Å². The lowest BCUT2D eigenvalue weighted by molar-refractivity contribution is 0.234. The molecule has 4 heteroatoms. The summed E-state index contributed by atoms with van der Waals surface area (Å²) in [5, 5.41) is 0.819. The average Bonchev–Trinajstić information content (AvgIpc) is 3.02. The molecule has 116 valence electrons. The molecular weight excluding hydrogens is 282 g/mol. The second kappa shape index (κ2) is 7.48. The van der Waals surface area contributed by atoms with Crippen molar-refractivity contribution in [3.05, 3.63) is 29.3 Å². The highest BCUT2D eigenvalue weighted by molar-refractivity contribution is 6.30. The fourth-order valence-corrected chi connectivity index (χ4v) is 3.53. The molecule has 2 heterocycles. The van der Waals surface area contributed by atoms with Crippen LogP contribution in [0.25, 0.3) is 0 Å². The maximum absolute atomic E-state index is 5.95. The highest BCUT2D eigenvalue weighted by Gasteiger charge is 2.17. The predicted octanol–water partition coefficient (Wildman–Crippen LogP) is 2.95. The second-order valence-electron chi connectivity index (χ2n) is 6.21. The molecule has 0 unspecified atom stereocenters. The van der Waals surface area contributed by atoms with Crippen LogP contribution >= 0.6 is 11.6 Å². The van der Waals surface area contributed by atoms with Crippen LogP contribution in [0.3, 0.4) is 0 Å². The molecule has 0 bridgehead atoms. The van der Waals surface area contributed by atoms with Crippen LogP contribution in [0.2, 0.25) is 5.02 Å². The molecular formula is C17H26ClN3. The SMILES string of the molecule is Clc1ccc(N2CCN(CCCN3CCCC3)CC2)cc1. The van der Waals surface area contributed by atoms with E-state index in [1.807, 2.05) is 12.1 Å². The van der Waals surface area contributed by atoms with E-state index in [9.17, 15) is 0 Å². The minimum atomic E-state index is 0.819. The number of hydrogen-bond donors (Lipinski definition) is 0. The molecule has 2 aliphatic heterocycles. The fourth-order valence-electron chi connectivity index (χ4n) is 3.41. The van der Waals surface area contributed by atoms with Gasteiger partial charge in [0.1, 0.15) is 0 Å². The lowest BCUT2D eigenvalue weighted by atomic mass is 10.2. The van der Waals surface area contributed by atoms with E-state index in [-0.39, 0.29) is 0 Å². The van der Waals surface area contributed by atoms with E-state index in [0.717, 1.165) is 18.1 Å². The van der Waals surface area contributed by atoms with Gasteiger partial charge in [-0.15, -0.1) is 0 Å². The third kappa shape index (κ3) is 4.35. The molecule has 0 saturated carbocycles. The first-order chi connectivity index (χ1) is 10.3. The van der Waals surface area contributed by atoms with Crippen molar-refractivity contribution in [2.24, 2.45) is 0 Å². The van der Waals surface area contributed by atoms with E-state index in [0.29, 0.717) is 0 Å². The number of benzene rings is 1. The van der Waals surface area contributed by atoms with Crippen LogP contribution in [0.15, 0.2) is 24.3 Å². The van der Waals surface area contributed by atoms with Gasteiger partial charge < -0.3 is 9.80 Å². The summed E-state index contributed by atoms with van der Waals surface area (Å²) in [4.78, 5) is 7.69. The molecule has 0 amide bonds. The minimum absolute atomic E-state index is 0.819. The third-order valence-corrected chi connectivity index (χ3v) is 4.96. The molecule has 0 aliphatic carbocycles. The van der Waals surface area contributed by atoms with Crippen molar-refractivity contribution in [3.63, 3.8) is 0 Å².